The second-order valence-electron chi connectivity index (χ2n) is 7.53. The molecule has 0 aliphatic rings. The van der Waals surface area contributed by atoms with Crippen molar-refractivity contribution in [3.8, 4) is 0 Å². The number of ether oxygens (including phenoxy) is 1. The lowest BCUT2D eigenvalue weighted by atomic mass is 9.78. The number of amides is 1. The summed E-state index contributed by atoms with van der Waals surface area (Å²) in [6, 6.07) is 0. The summed E-state index contributed by atoms with van der Waals surface area (Å²) >= 11 is 0. The Hall–Kier alpha value is -1.14. The van der Waals surface area contributed by atoms with Gasteiger partial charge < -0.3 is 19.6 Å². The second kappa shape index (κ2) is 9.88. The molecule has 2 atom stereocenters. The zero-order chi connectivity index (χ0) is 18.1. The van der Waals surface area contributed by atoms with Crippen LogP contribution in [0.4, 0.5) is 0 Å². The number of rotatable bonds is 11. The van der Waals surface area contributed by atoms with Crippen LogP contribution in [0, 0.1) is 11.3 Å². The Balaban J connectivity index is 4.45. The largest absolute Gasteiger partial charge is 0.463 e. The Morgan fingerprint density at radius 2 is 1.91 bits per heavy atom. The van der Waals surface area contributed by atoms with Crippen molar-refractivity contribution in [3.63, 3.8) is 0 Å². The molecule has 0 aromatic heterocycles. The van der Waals surface area contributed by atoms with Crippen LogP contribution in [-0.2, 0) is 14.3 Å². The highest BCUT2D eigenvalue weighted by Gasteiger charge is 2.35. The number of nitrogens with zero attached hydrogens (tertiary/aromatic N) is 1. The molecule has 23 heavy (non-hydrogen) atoms. The van der Waals surface area contributed by atoms with E-state index in [0.29, 0.717) is 19.4 Å². The van der Waals surface area contributed by atoms with Gasteiger partial charge in [-0.3, -0.25) is 9.59 Å². The summed E-state index contributed by atoms with van der Waals surface area (Å²) in [4.78, 5) is 24.3. The minimum Gasteiger partial charge on any atom is -0.463 e. The summed E-state index contributed by atoms with van der Waals surface area (Å²) in [5.74, 6) is -0.747. The second-order valence-corrected chi connectivity index (χ2v) is 7.53. The van der Waals surface area contributed by atoms with Crippen LogP contribution in [0.5, 0.6) is 0 Å². The molecule has 1 amide bonds. The van der Waals surface area contributed by atoms with Crippen LogP contribution < -0.4 is 5.32 Å². The monoisotopic (exact) mass is 331 g/mol. The summed E-state index contributed by atoms with van der Waals surface area (Å²) in [5.41, 5.74) is -0.589. The van der Waals surface area contributed by atoms with Crippen LogP contribution in [0.1, 0.15) is 40.0 Å². The average molecular weight is 331 g/mol. The van der Waals surface area contributed by atoms with Crippen molar-refractivity contribution in [2.75, 3.05) is 47.4 Å². The van der Waals surface area contributed by atoms with E-state index in [1.54, 1.807) is 6.92 Å². The van der Waals surface area contributed by atoms with Gasteiger partial charge in [-0.1, -0.05) is 20.8 Å². The quantitative estimate of drug-likeness (QED) is 0.339. The first-order valence-corrected chi connectivity index (χ1v) is 8.42. The summed E-state index contributed by atoms with van der Waals surface area (Å²) < 4.78 is 5.81. The summed E-state index contributed by atoms with van der Waals surface area (Å²) in [5, 5.41) is 11.7. The zero-order valence-electron chi connectivity index (χ0n) is 15.6. The van der Waals surface area contributed by atoms with Gasteiger partial charge in [0.15, 0.2) is 0 Å². The molecule has 0 bridgehead atoms. The molecule has 2 N–H and O–H groups in total. The Kier molecular flexibility index (Phi) is 9.39. The number of esters is 1. The van der Waals surface area contributed by atoms with E-state index >= 15 is 0 Å². The third kappa shape index (κ3) is 8.91. The molecule has 0 radical (unpaired) electrons. The molecule has 6 nitrogen and oxygen atoms in total. The van der Waals surface area contributed by atoms with E-state index in [1.807, 2.05) is 13.8 Å². The Labute approximate surface area is 140 Å². The van der Waals surface area contributed by atoms with E-state index in [0.717, 1.165) is 17.4 Å². The molecule has 0 fully saturated rings. The van der Waals surface area contributed by atoms with Crippen LogP contribution in [0.15, 0.2) is 0 Å². The van der Waals surface area contributed by atoms with Crippen molar-refractivity contribution < 1.29 is 23.9 Å². The maximum Gasteiger partial charge on any atom is 0.308 e. The fraction of sp³-hybridized carbons (Fsp3) is 0.882. The Morgan fingerprint density at radius 1 is 1.30 bits per heavy atom. The number of carbonyl (C=O) groups is 2. The molecule has 0 heterocycles. The molecule has 0 saturated carbocycles. The summed E-state index contributed by atoms with van der Waals surface area (Å²) in [6.45, 7) is 7.06. The van der Waals surface area contributed by atoms with Crippen molar-refractivity contribution in [1.29, 1.82) is 0 Å². The van der Waals surface area contributed by atoms with Gasteiger partial charge in [-0.15, -0.1) is 0 Å². The Morgan fingerprint density at radius 3 is 2.39 bits per heavy atom. The number of quaternary nitrogens is 1. The van der Waals surface area contributed by atoms with Gasteiger partial charge in [-0.05, 0) is 12.8 Å². The topological polar surface area (TPSA) is 75.6 Å². The van der Waals surface area contributed by atoms with Gasteiger partial charge in [0.25, 0.3) is 0 Å². The molecule has 0 aromatic carbocycles. The van der Waals surface area contributed by atoms with Gasteiger partial charge in [0, 0.05) is 18.4 Å². The number of hydrogen-bond donors (Lipinski definition) is 2. The van der Waals surface area contributed by atoms with Gasteiger partial charge in [-0.25, -0.2) is 0 Å². The average Bonchev–Trinajstić information content (AvgIpc) is 2.47. The predicted molar refractivity (Wildman–Crippen MR) is 90.7 cm³/mol. The summed E-state index contributed by atoms with van der Waals surface area (Å²) in [6.07, 6.45) is 2.02. The first-order chi connectivity index (χ1) is 10.6. The lowest BCUT2D eigenvalue weighted by molar-refractivity contribution is -0.870. The summed E-state index contributed by atoms with van der Waals surface area (Å²) in [7, 11) is 6.37. The molecule has 6 heteroatoms. The minimum absolute atomic E-state index is 0.00324. The van der Waals surface area contributed by atoms with E-state index in [-0.39, 0.29) is 31.0 Å². The third-order valence-corrected chi connectivity index (χ3v) is 4.11. The standard InChI is InChI=1S/C17H34N2O4/c1-7-17(3,13-14(2)15(21)23-12-11-20)16(22)18-9-8-10-19(4,5)6/h14,20H,7-13H2,1-6H3/p+1. The lowest BCUT2D eigenvalue weighted by Gasteiger charge is -2.29. The predicted octanol–water partition coefficient (Wildman–Crippen LogP) is 1.18. The third-order valence-electron chi connectivity index (χ3n) is 4.11. The van der Waals surface area contributed by atoms with E-state index in [2.05, 4.69) is 26.5 Å². The fourth-order valence-corrected chi connectivity index (χ4v) is 2.41. The smallest absolute Gasteiger partial charge is 0.308 e. The molecule has 136 valence electrons. The number of hydrogen-bond acceptors (Lipinski definition) is 4. The van der Waals surface area contributed by atoms with Crippen LogP contribution in [0.3, 0.4) is 0 Å². The van der Waals surface area contributed by atoms with Crippen LogP contribution in [0.2, 0.25) is 0 Å². The van der Waals surface area contributed by atoms with Crippen LogP contribution in [0.25, 0.3) is 0 Å². The van der Waals surface area contributed by atoms with E-state index in [4.69, 9.17) is 9.84 Å². The van der Waals surface area contributed by atoms with Crippen molar-refractivity contribution >= 4 is 11.9 Å². The van der Waals surface area contributed by atoms with Gasteiger partial charge in [-0.2, -0.15) is 0 Å². The molecular formula is C17H35N2O4+. The van der Waals surface area contributed by atoms with E-state index in [1.165, 1.54) is 0 Å². The van der Waals surface area contributed by atoms with Gasteiger partial charge in [0.1, 0.15) is 6.61 Å². The highest BCUT2D eigenvalue weighted by atomic mass is 16.5. The first-order valence-electron chi connectivity index (χ1n) is 8.42. The number of aliphatic hydroxyl groups is 1. The molecule has 0 saturated heterocycles. The van der Waals surface area contributed by atoms with Gasteiger partial charge in [0.2, 0.25) is 5.91 Å². The van der Waals surface area contributed by atoms with Crippen molar-refractivity contribution in [2.24, 2.45) is 11.3 Å². The molecule has 0 rings (SSSR count). The Bertz CT molecular complexity index is 379. The SMILES string of the molecule is CCC(C)(CC(C)C(=O)OCCO)C(=O)NCCC[N+](C)(C)C. The highest BCUT2D eigenvalue weighted by Crippen LogP contribution is 2.30. The normalized spacial score (nSPS) is 15.6. The van der Waals surface area contributed by atoms with Crippen LogP contribution >= 0.6 is 0 Å². The maximum absolute atomic E-state index is 12.5. The number of aliphatic hydroxyl groups excluding tert-OH is 1. The van der Waals surface area contributed by atoms with E-state index in [9.17, 15) is 9.59 Å². The number of nitrogens with one attached hydrogen (secondary N) is 1. The van der Waals surface area contributed by atoms with Crippen molar-refractivity contribution in [2.45, 2.75) is 40.0 Å². The molecule has 0 spiro atoms. The first kappa shape index (κ1) is 21.9. The van der Waals surface area contributed by atoms with Gasteiger partial charge >= 0.3 is 5.97 Å². The fourth-order valence-electron chi connectivity index (χ4n) is 2.41. The molecule has 0 aliphatic heterocycles. The molecular weight excluding hydrogens is 296 g/mol. The van der Waals surface area contributed by atoms with Crippen molar-refractivity contribution in [1.82, 2.24) is 5.32 Å². The van der Waals surface area contributed by atoms with Crippen LogP contribution in [-0.4, -0.2) is 68.9 Å². The van der Waals surface area contributed by atoms with Gasteiger partial charge in [0.05, 0.1) is 40.2 Å². The maximum atomic E-state index is 12.5. The highest BCUT2D eigenvalue weighted by molar-refractivity contribution is 5.83. The lowest BCUT2D eigenvalue weighted by Crippen LogP contribution is -2.42. The molecule has 2 unspecified atom stereocenters. The van der Waals surface area contributed by atoms with E-state index < -0.39 is 5.41 Å². The molecule has 0 aromatic rings. The molecule has 0 aliphatic carbocycles. The minimum atomic E-state index is -0.589. The van der Waals surface area contributed by atoms with Crippen molar-refractivity contribution in [3.05, 3.63) is 0 Å². The zero-order valence-corrected chi connectivity index (χ0v) is 15.6. The number of carbonyl (C=O) groups excluding carboxylic acids is 2.